The molecule has 0 N–H and O–H groups in total. The van der Waals surface area contributed by atoms with Crippen LogP contribution in [0.5, 0.6) is 11.5 Å². The molecule has 4 aromatic rings. The van der Waals surface area contributed by atoms with Crippen molar-refractivity contribution in [2.24, 2.45) is 4.99 Å². The smallest absolute Gasteiger partial charge is 0.232 e. The van der Waals surface area contributed by atoms with Crippen molar-refractivity contribution in [2.45, 2.75) is 6.92 Å². The summed E-state index contributed by atoms with van der Waals surface area (Å²) in [5.74, 6) is 2.23. The Bertz CT molecular complexity index is 1160. The van der Waals surface area contributed by atoms with E-state index in [4.69, 9.17) is 18.9 Å². The van der Waals surface area contributed by atoms with Crippen LogP contribution in [0.4, 0.5) is 5.13 Å². The van der Waals surface area contributed by atoms with Gasteiger partial charge in [-0.25, -0.2) is 4.99 Å². The maximum absolute atomic E-state index is 6.12. The lowest BCUT2D eigenvalue weighted by Crippen LogP contribution is -2.03. The quantitative estimate of drug-likeness (QED) is 0.522. The molecule has 0 saturated carbocycles. The topological polar surface area (TPSA) is 69.7 Å². The molecule has 2 aromatic carbocycles. The number of nitrogens with zero attached hydrogens (tertiary/aromatic N) is 3. The molecule has 0 amide bonds. The van der Waals surface area contributed by atoms with Crippen molar-refractivity contribution < 1.29 is 13.9 Å². The molecule has 0 saturated heterocycles. The summed E-state index contributed by atoms with van der Waals surface area (Å²) in [6.45, 7) is 1.90. The van der Waals surface area contributed by atoms with Gasteiger partial charge in [0, 0.05) is 17.0 Å². The highest BCUT2D eigenvalue weighted by atomic mass is 32.1. The largest absolute Gasteiger partial charge is 0.497 e. The van der Waals surface area contributed by atoms with Crippen molar-refractivity contribution >= 4 is 27.4 Å². The van der Waals surface area contributed by atoms with Crippen molar-refractivity contribution in [1.29, 1.82) is 0 Å². The lowest BCUT2D eigenvalue weighted by atomic mass is 10.1. The molecule has 0 radical (unpaired) electrons. The Hall–Kier alpha value is -3.19. The highest BCUT2D eigenvalue weighted by molar-refractivity contribution is 7.14. The number of hydrogen-bond acceptors (Lipinski definition) is 7. The van der Waals surface area contributed by atoms with Crippen molar-refractivity contribution in [2.75, 3.05) is 14.2 Å². The summed E-state index contributed by atoms with van der Waals surface area (Å²) in [4.78, 5) is 4.69. The van der Waals surface area contributed by atoms with Gasteiger partial charge in [-0.1, -0.05) is 11.3 Å². The minimum Gasteiger partial charge on any atom is -0.497 e. The van der Waals surface area contributed by atoms with Crippen LogP contribution < -0.4 is 14.8 Å². The van der Waals surface area contributed by atoms with E-state index in [0.717, 1.165) is 32.8 Å². The summed E-state index contributed by atoms with van der Waals surface area (Å²) >= 11 is 1.44. The fourth-order valence-electron chi connectivity index (χ4n) is 2.70. The average molecular weight is 379 g/mol. The van der Waals surface area contributed by atoms with Crippen LogP contribution in [0.3, 0.4) is 0 Å². The maximum atomic E-state index is 6.12. The van der Waals surface area contributed by atoms with Crippen LogP contribution in [0.25, 0.3) is 22.3 Å². The molecule has 0 atom stereocenters. The number of fused-ring (bicyclic) bond motifs is 1. The molecular weight excluding hydrogens is 362 g/mol. The molecule has 0 aliphatic carbocycles. The zero-order chi connectivity index (χ0) is 18.8. The van der Waals surface area contributed by atoms with Crippen LogP contribution in [0.2, 0.25) is 0 Å². The molecular formula is C20H17N3O3S. The van der Waals surface area contributed by atoms with Crippen LogP contribution in [-0.4, -0.2) is 24.4 Å². The molecule has 7 heteroatoms. The van der Waals surface area contributed by atoms with Crippen molar-refractivity contribution in [3.63, 3.8) is 0 Å². The molecule has 2 aromatic heterocycles. The summed E-state index contributed by atoms with van der Waals surface area (Å²) in [6.07, 6.45) is 0. The molecule has 27 heavy (non-hydrogen) atoms. The Morgan fingerprint density at radius 3 is 2.33 bits per heavy atom. The third-order valence-electron chi connectivity index (χ3n) is 4.06. The standard InChI is InChI=1S/C20H17N3O3S/c1-12-22-23-20(27-12)21-17-11-19(13-4-6-14(24-2)7-5-13)26-18-9-8-15(25-3)10-16(17)18/h4-11H,1-3H3/b21-17+. The van der Waals surface area contributed by atoms with Gasteiger partial charge in [0.1, 0.15) is 27.8 Å². The SMILES string of the molecule is COc1ccc(-c2c/c(=N\c3nnc(C)s3)c3cc(OC)ccc3o2)cc1. The molecule has 0 bridgehead atoms. The van der Waals surface area contributed by atoms with Gasteiger partial charge in [-0.3, -0.25) is 0 Å². The molecule has 0 aliphatic heterocycles. The Balaban J connectivity index is 1.95. The minimum atomic E-state index is 0.600. The van der Waals surface area contributed by atoms with Crippen molar-refractivity contribution in [3.05, 3.63) is 58.9 Å². The number of rotatable bonds is 4. The molecule has 2 heterocycles. The van der Waals surface area contributed by atoms with Gasteiger partial charge in [-0.05, 0) is 49.4 Å². The van der Waals surface area contributed by atoms with Gasteiger partial charge in [-0.15, -0.1) is 10.2 Å². The van der Waals surface area contributed by atoms with Gasteiger partial charge in [0.25, 0.3) is 0 Å². The highest BCUT2D eigenvalue weighted by Gasteiger charge is 2.09. The zero-order valence-electron chi connectivity index (χ0n) is 15.1. The third-order valence-corrected chi connectivity index (χ3v) is 4.79. The summed E-state index contributed by atoms with van der Waals surface area (Å²) in [6, 6.07) is 15.2. The zero-order valence-corrected chi connectivity index (χ0v) is 15.9. The van der Waals surface area contributed by atoms with Gasteiger partial charge >= 0.3 is 0 Å². The highest BCUT2D eigenvalue weighted by Crippen LogP contribution is 2.27. The minimum absolute atomic E-state index is 0.600. The van der Waals surface area contributed by atoms with Crippen LogP contribution in [0.1, 0.15) is 5.01 Å². The van der Waals surface area contributed by atoms with E-state index in [9.17, 15) is 0 Å². The van der Waals surface area contributed by atoms with E-state index in [1.807, 2.05) is 55.5 Å². The van der Waals surface area contributed by atoms with Crippen LogP contribution in [0.15, 0.2) is 57.9 Å². The van der Waals surface area contributed by atoms with E-state index in [2.05, 4.69) is 10.2 Å². The predicted octanol–water partition coefficient (Wildman–Crippen LogP) is 4.51. The third kappa shape index (κ3) is 3.54. The van der Waals surface area contributed by atoms with E-state index >= 15 is 0 Å². The molecule has 0 aliphatic rings. The van der Waals surface area contributed by atoms with Gasteiger partial charge in [-0.2, -0.15) is 0 Å². The van der Waals surface area contributed by atoms with Gasteiger partial charge < -0.3 is 13.9 Å². The summed E-state index contributed by atoms with van der Waals surface area (Å²) < 4.78 is 16.7. The molecule has 0 spiro atoms. The van der Waals surface area contributed by atoms with Gasteiger partial charge in [0.05, 0.1) is 19.6 Å². The predicted molar refractivity (Wildman–Crippen MR) is 105 cm³/mol. The first-order valence-corrected chi connectivity index (χ1v) is 9.09. The normalized spacial score (nSPS) is 11.7. The molecule has 0 unspecified atom stereocenters. The lowest BCUT2D eigenvalue weighted by Gasteiger charge is -2.07. The maximum Gasteiger partial charge on any atom is 0.232 e. The number of benzene rings is 2. The van der Waals surface area contributed by atoms with Gasteiger partial charge in [0.15, 0.2) is 0 Å². The second-order valence-corrected chi connectivity index (χ2v) is 6.96. The summed E-state index contributed by atoms with van der Waals surface area (Å²) in [5.41, 5.74) is 1.64. The first kappa shape index (κ1) is 17.2. The van der Waals surface area contributed by atoms with E-state index in [1.54, 1.807) is 14.2 Å². The number of aromatic nitrogens is 2. The molecule has 6 nitrogen and oxygen atoms in total. The number of hydrogen-bond donors (Lipinski definition) is 0. The summed E-state index contributed by atoms with van der Waals surface area (Å²) in [5, 5.41) is 11.2. The monoisotopic (exact) mass is 379 g/mol. The Labute approximate surface area is 159 Å². The van der Waals surface area contributed by atoms with Crippen LogP contribution in [-0.2, 0) is 0 Å². The van der Waals surface area contributed by atoms with Crippen molar-refractivity contribution in [1.82, 2.24) is 10.2 Å². The molecule has 136 valence electrons. The Kier molecular flexibility index (Phi) is 4.60. The van der Waals surface area contributed by atoms with E-state index < -0.39 is 0 Å². The molecule has 0 fully saturated rings. The van der Waals surface area contributed by atoms with E-state index in [-0.39, 0.29) is 0 Å². The Morgan fingerprint density at radius 2 is 1.67 bits per heavy atom. The first-order chi connectivity index (χ1) is 13.2. The first-order valence-electron chi connectivity index (χ1n) is 8.27. The number of methoxy groups -OCH3 is 2. The second-order valence-electron chi connectivity index (χ2n) is 5.80. The fraction of sp³-hybridized carbons (Fsp3) is 0.150. The van der Waals surface area contributed by atoms with Crippen LogP contribution >= 0.6 is 11.3 Å². The lowest BCUT2D eigenvalue weighted by molar-refractivity contribution is 0.414. The van der Waals surface area contributed by atoms with E-state index in [0.29, 0.717) is 16.5 Å². The average Bonchev–Trinajstić information content (AvgIpc) is 3.12. The fourth-order valence-corrected chi connectivity index (χ4v) is 3.27. The second kappa shape index (κ2) is 7.20. The Morgan fingerprint density at radius 1 is 0.926 bits per heavy atom. The van der Waals surface area contributed by atoms with Crippen molar-refractivity contribution in [3.8, 4) is 22.8 Å². The summed E-state index contributed by atoms with van der Waals surface area (Å²) in [7, 11) is 3.28. The van der Waals surface area contributed by atoms with E-state index in [1.165, 1.54) is 11.3 Å². The number of ether oxygens (including phenoxy) is 2. The van der Waals surface area contributed by atoms with Gasteiger partial charge in [0.2, 0.25) is 5.13 Å². The molecule has 4 rings (SSSR count). The number of aryl methyl sites for hydroxylation is 1. The van der Waals surface area contributed by atoms with Crippen LogP contribution in [0, 0.1) is 6.92 Å².